The van der Waals surface area contributed by atoms with Crippen LogP contribution < -0.4 is 19.5 Å². The van der Waals surface area contributed by atoms with Crippen LogP contribution in [0.1, 0.15) is 63.1 Å². The topological polar surface area (TPSA) is 116 Å². The number of hydrogen-bond acceptors (Lipinski definition) is 8. The Morgan fingerprint density at radius 3 is 2.51 bits per heavy atom. The zero-order valence-corrected chi connectivity index (χ0v) is 28.6. The summed E-state index contributed by atoms with van der Waals surface area (Å²) >= 11 is 0. The number of amides is 3. The molecule has 0 radical (unpaired) electrons. The van der Waals surface area contributed by atoms with Crippen molar-refractivity contribution in [3.8, 4) is 17.2 Å². The molecule has 0 bridgehead atoms. The number of carbonyl (C=O) groups is 3. The number of anilines is 1. The van der Waals surface area contributed by atoms with Crippen LogP contribution in [0.25, 0.3) is 0 Å². The van der Waals surface area contributed by atoms with Crippen LogP contribution in [0.15, 0.2) is 30.3 Å². The van der Waals surface area contributed by atoms with Crippen molar-refractivity contribution < 1.29 is 38.1 Å². The van der Waals surface area contributed by atoms with Gasteiger partial charge in [0.25, 0.3) is 0 Å². The lowest BCUT2D eigenvalue weighted by Crippen LogP contribution is -2.53. The zero-order chi connectivity index (χ0) is 33.7. The highest BCUT2D eigenvalue weighted by Gasteiger charge is 2.43. The van der Waals surface area contributed by atoms with Crippen LogP contribution in [0.4, 0.5) is 10.5 Å². The lowest BCUT2D eigenvalue weighted by molar-refractivity contribution is -0.140. The van der Waals surface area contributed by atoms with Gasteiger partial charge in [-0.1, -0.05) is 12.1 Å². The van der Waals surface area contributed by atoms with E-state index in [1.54, 1.807) is 41.1 Å². The molecule has 2 atom stereocenters. The van der Waals surface area contributed by atoms with Crippen LogP contribution in [0.2, 0.25) is 0 Å². The molecule has 1 saturated carbocycles. The van der Waals surface area contributed by atoms with Gasteiger partial charge in [0.15, 0.2) is 0 Å². The Kier molecular flexibility index (Phi) is 10.8. The normalized spacial score (nSPS) is 19.0. The number of fused-ring (bicyclic) bond motifs is 1. The Morgan fingerprint density at radius 2 is 1.81 bits per heavy atom. The molecule has 47 heavy (non-hydrogen) atoms. The monoisotopic (exact) mass is 651 g/mol. The predicted octanol–water partition coefficient (Wildman–Crippen LogP) is 5.36. The molecular weight excluding hydrogens is 602 g/mol. The number of hydrogen-bond donors (Lipinski definition) is 1. The molecule has 0 spiro atoms. The fourth-order valence-corrected chi connectivity index (χ4v) is 6.26. The lowest BCUT2D eigenvalue weighted by atomic mass is 9.87. The summed E-state index contributed by atoms with van der Waals surface area (Å²) in [5.41, 5.74) is 2.68. The Hall–Kier alpha value is -3.99. The first-order chi connectivity index (χ1) is 22.5. The van der Waals surface area contributed by atoms with E-state index in [0.717, 1.165) is 53.9 Å². The van der Waals surface area contributed by atoms with Crippen molar-refractivity contribution in [1.82, 2.24) is 9.80 Å². The molecular formula is C36H49N3O8. The van der Waals surface area contributed by atoms with E-state index in [-0.39, 0.29) is 30.9 Å². The second-order valence-corrected chi connectivity index (χ2v) is 13.7. The Bertz CT molecular complexity index is 1450. The van der Waals surface area contributed by atoms with Gasteiger partial charge in [0.1, 0.15) is 22.8 Å². The minimum absolute atomic E-state index is 0.0731. The molecule has 2 heterocycles. The first-order valence-corrected chi connectivity index (χ1v) is 16.6. The summed E-state index contributed by atoms with van der Waals surface area (Å²) < 4.78 is 28.4. The van der Waals surface area contributed by atoms with Gasteiger partial charge in [-0.25, -0.2) is 4.79 Å². The fourth-order valence-electron chi connectivity index (χ4n) is 6.26. The summed E-state index contributed by atoms with van der Waals surface area (Å²) in [6.45, 7) is 9.74. The minimum atomic E-state index is -0.723. The van der Waals surface area contributed by atoms with Gasteiger partial charge in [0, 0.05) is 57.8 Å². The molecule has 1 N–H and O–H groups in total. The van der Waals surface area contributed by atoms with Crippen molar-refractivity contribution in [2.75, 3.05) is 52.4 Å². The summed E-state index contributed by atoms with van der Waals surface area (Å²) in [5.74, 6) is 0.573. The van der Waals surface area contributed by atoms with E-state index >= 15 is 0 Å². The summed E-state index contributed by atoms with van der Waals surface area (Å²) in [7, 11) is 3.23. The molecule has 2 fully saturated rings. The summed E-state index contributed by atoms with van der Waals surface area (Å²) in [4.78, 5) is 44.9. The third-order valence-corrected chi connectivity index (χ3v) is 8.74. The van der Waals surface area contributed by atoms with Crippen molar-refractivity contribution in [3.05, 3.63) is 47.0 Å². The van der Waals surface area contributed by atoms with Gasteiger partial charge in [0.05, 0.1) is 37.8 Å². The molecule has 11 nitrogen and oxygen atoms in total. The molecule has 0 unspecified atom stereocenters. The van der Waals surface area contributed by atoms with Crippen LogP contribution in [0, 0.1) is 18.8 Å². The summed E-state index contributed by atoms with van der Waals surface area (Å²) in [6, 6.07) is 9.67. The molecule has 2 aliphatic heterocycles. The molecule has 3 aliphatic rings. The van der Waals surface area contributed by atoms with Gasteiger partial charge in [-0.3, -0.25) is 9.59 Å². The largest absolute Gasteiger partial charge is 0.495 e. The van der Waals surface area contributed by atoms with Crippen LogP contribution >= 0.6 is 0 Å². The Labute approximate surface area is 277 Å². The van der Waals surface area contributed by atoms with E-state index in [0.29, 0.717) is 44.2 Å². The average Bonchev–Trinajstić information content (AvgIpc) is 3.77. The second kappa shape index (κ2) is 14.8. The maximum atomic E-state index is 14.4. The highest BCUT2D eigenvalue weighted by atomic mass is 16.6. The van der Waals surface area contributed by atoms with E-state index in [9.17, 15) is 14.4 Å². The van der Waals surface area contributed by atoms with Crippen LogP contribution in [0.3, 0.4) is 0 Å². The van der Waals surface area contributed by atoms with Crippen molar-refractivity contribution in [1.29, 1.82) is 0 Å². The van der Waals surface area contributed by atoms with E-state index < -0.39 is 23.5 Å². The SMILES string of the molecule is COCCCOc1cc(CN(C(=O)[C@@H]2C[C@H](C(=O)Nc3c(C)cccc3OC)CN(C(=O)OC(C)(C)C)C2)C2CC2)cc2c1CCO2. The lowest BCUT2D eigenvalue weighted by Gasteiger charge is -2.39. The third-order valence-electron chi connectivity index (χ3n) is 8.74. The van der Waals surface area contributed by atoms with E-state index in [2.05, 4.69) is 5.32 Å². The summed E-state index contributed by atoms with van der Waals surface area (Å²) in [6.07, 6.45) is 3.14. The number of rotatable bonds is 12. The smallest absolute Gasteiger partial charge is 0.410 e. The van der Waals surface area contributed by atoms with Crippen molar-refractivity contribution in [2.24, 2.45) is 11.8 Å². The van der Waals surface area contributed by atoms with Crippen LogP contribution in [-0.4, -0.2) is 86.5 Å². The Balaban J connectivity index is 1.37. The predicted molar refractivity (Wildman–Crippen MR) is 177 cm³/mol. The fraction of sp³-hybridized carbons (Fsp3) is 0.583. The third kappa shape index (κ3) is 8.68. The number of nitrogens with one attached hydrogen (secondary N) is 1. The number of carbonyl (C=O) groups excluding carboxylic acids is 3. The number of methoxy groups -OCH3 is 2. The number of aryl methyl sites for hydroxylation is 1. The molecule has 256 valence electrons. The first kappa shape index (κ1) is 34.3. The number of nitrogens with zero attached hydrogens (tertiary/aromatic N) is 2. The number of piperidine rings is 1. The van der Waals surface area contributed by atoms with Crippen molar-refractivity contribution >= 4 is 23.6 Å². The highest BCUT2D eigenvalue weighted by molar-refractivity contribution is 5.96. The highest BCUT2D eigenvalue weighted by Crippen LogP contribution is 2.38. The van der Waals surface area contributed by atoms with E-state index in [1.165, 1.54) is 4.90 Å². The standard InChI is InChI=1S/C36H49N3O8/c1-23-9-7-10-29(44-6)32(23)37-33(40)25-19-26(22-38(21-25)35(42)47-36(2,3)4)34(41)39(27-11-12-27)20-24-17-30(45-15-8-14-43-5)28-13-16-46-31(28)18-24/h7,9-10,17-18,25-27H,8,11-16,19-22H2,1-6H3,(H,37,40)/t25-,26+/m0/s1. The second-order valence-electron chi connectivity index (χ2n) is 13.7. The zero-order valence-electron chi connectivity index (χ0n) is 28.6. The average molecular weight is 652 g/mol. The van der Waals surface area contributed by atoms with Gasteiger partial charge in [0.2, 0.25) is 11.8 Å². The first-order valence-electron chi connectivity index (χ1n) is 16.6. The van der Waals surface area contributed by atoms with Gasteiger partial charge < -0.3 is 38.8 Å². The molecule has 2 aromatic carbocycles. The minimum Gasteiger partial charge on any atom is -0.495 e. The quantitative estimate of drug-likeness (QED) is 0.305. The van der Waals surface area contributed by atoms with Crippen LogP contribution in [-0.2, 0) is 32.0 Å². The van der Waals surface area contributed by atoms with Crippen LogP contribution in [0.5, 0.6) is 17.2 Å². The van der Waals surface area contributed by atoms with Crippen molar-refractivity contribution in [2.45, 2.75) is 78.0 Å². The van der Waals surface area contributed by atoms with Crippen molar-refractivity contribution in [3.63, 3.8) is 0 Å². The maximum Gasteiger partial charge on any atom is 0.410 e. The maximum absolute atomic E-state index is 14.4. The van der Waals surface area contributed by atoms with Gasteiger partial charge in [-0.2, -0.15) is 0 Å². The number of likely N-dealkylation sites (tertiary alicyclic amines) is 1. The molecule has 11 heteroatoms. The molecule has 0 aromatic heterocycles. The Morgan fingerprint density at radius 1 is 1.04 bits per heavy atom. The van der Waals surface area contributed by atoms with Gasteiger partial charge in [-0.05, 0) is 76.3 Å². The number of para-hydroxylation sites is 1. The molecule has 5 rings (SSSR count). The van der Waals surface area contributed by atoms with Gasteiger partial charge in [-0.15, -0.1) is 0 Å². The molecule has 3 amide bonds. The van der Waals surface area contributed by atoms with E-state index in [1.807, 2.05) is 36.1 Å². The number of benzene rings is 2. The molecule has 1 saturated heterocycles. The molecule has 2 aromatic rings. The summed E-state index contributed by atoms with van der Waals surface area (Å²) in [5, 5.41) is 3.02. The molecule has 1 aliphatic carbocycles. The number of ether oxygens (including phenoxy) is 5. The van der Waals surface area contributed by atoms with E-state index in [4.69, 9.17) is 23.7 Å². The van der Waals surface area contributed by atoms with Gasteiger partial charge >= 0.3 is 6.09 Å².